The van der Waals surface area contributed by atoms with Crippen LogP contribution in [0.1, 0.15) is 82.9 Å². The minimum Gasteiger partial charge on any atom is -0.375 e. The highest BCUT2D eigenvalue weighted by atomic mass is 16.3. The Morgan fingerprint density at radius 2 is 1.02 bits per heavy atom. The second kappa shape index (κ2) is 14.0. The first-order valence-corrected chi connectivity index (χ1v) is 21.4. The first kappa shape index (κ1) is 36.4. The van der Waals surface area contributed by atoms with Gasteiger partial charge in [-0.15, -0.1) is 0 Å². The molecule has 3 atom stereocenters. The molecular weight excluding hydrogens is 733 g/mol. The predicted molar refractivity (Wildman–Crippen MR) is 232 cm³/mol. The number of fused-ring (bicyclic) bond motifs is 2. The van der Waals surface area contributed by atoms with E-state index in [0.717, 1.165) is 81.6 Å². The van der Waals surface area contributed by atoms with Crippen molar-refractivity contribution in [2.75, 3.05) is 36.0 Å². The molecule has 59 heavy (non-hydrogen) atoms. The Hall–Kier alpha value is -5.67. The molecule has 6 aromatic carbocycles. The molecule has 3 unspecified atom stereocenters. The number of benzene rings is 6. The third-order valence-electron chi connectivity index (χ3n) is 14.3. The van der Waals surface area contributed by atoms with Gasteiger partial charge in [-0.25, -0.2) is 0 Å². The summed E-state index contributed by atoms with van der Waals surface area (Å²) in [6, 6.07) is 42.7. The Kier molecular flexibility index (Phi) is 8.62. The van der Waals surface area contributed by atoms with Crippen molar-refractivity contribution < 1.29 is 19.5 Å². The highest BCUT2D eigenvalue weighted by molar-refractivity contribution is 6.52. The van der Waals surface area contributed by atoms with Crippen LogP contribution in [0, 0.1) is 0 Å². The smallest absolute Gasteiger partial charge is 0.299 e. The summed E-state index contributed by atoms with van der Waals surface area (Å²) in [5, 5.41) is 16.4. The number of para-hydroxylation sites is 2. The lowest BCUT2D eigenvalue weighted by molar-refractivity contribution is -0.135. The van der Waals surface area contributed by atoms with Crippen LogP contribution in [0.5, 0.6) is 0 Å². The quantitative estimate of drug-likeness (QED) is 0.182. The van der Waals surface area contributed by atoms with Crippen molar-refractivity contribution in [2.45, 2.75) is 75.2 Å². The molecule has 2 amide bonds. The minimum atomic E-state index is -1.42. The summed E-state index contributed by atoms with van der Waals surface area (Å²) in [5.41, 5.74) is 7.32. The van der Waals surface area contributed by atoms with E-state index in [-0.39, 0.29) is 29.7 Å². The lowest BCUT2D eigenvalue weighted by Crippen LogP contribution is -2.49. The zero-order chi connectivity index (χ0) is 40.0. The number of piperidine rings is 2. The van der Waals surface area contributed by atoms with Gasteiger partial charge in [0, 0.05) is 55.9 Å². The third-order valence-corrected chi connectivity index (χ3v) is 14.3. The van der Waals surface area contributed by atoms with Crippen LogP contribution in [0.25, 0.3) is 21.5 Å². The summed E-state index contributed by atoms with van der Waals surface area (Å²) in [4.78, 5) is 46.8. The van der Waals surface area contributed by atoms with E-state index >= 15 is 0 Å². The van der Waals surface area contributed by atoms with Gasteiger partial charge in [0.25, 0.3) is 17.6 Å². The number of carbonyl (C=O) groups excluding carboxylic acids is 3. The van der Waals surface area contributed by atoms with Crippen LogP contribution < -0.4 is 9.80 Å². The van der Waals surface area contributed by atoms with Crippen molar-refractivity contribution in [3.05, 3.63) is 155 Å². The van der Waals surface area contributed by atoms with Crippen LogP contribution in [-0.4, -0.2) is 70.8 Å². The number of nitrogens with zero attached hydrogens (tertiary/aromatic N) is 4. The van der Waals surface area contributed by atoms with Gasteiger partial charge in [0.1, 0.15) is 0 Å². The monoisotopic (exact) mass is 780 g/mol. The third kappa shape index (κ3) is 5.71. The molecule has 6 aliphatic rings. The number of hydrogen-bond donors (Lipinski definition) is 1. The molecule has 2 aliphatic carbocycles. The standard InChI is InChI=1S/C26H26N2O2.C25H22N2O2/c1-26(30)21-10-2-3-11-22(21)28(25(26)29)19-12-14-27(15-13-19)23-16-18-8-4-6-17-7-5-9-20(23)24(17)18;28-24-20-8-1-2-10-21(20)27(25(24)29)18-11-13-26(14-12-18)22-15-17-7-3-5-16-6-4-9-19(22)23(16)17/h2-11,19,23,30H,12-16H2,1H3;1-10,18,22H,11-15H2. The van der Waals surface area contributed by atoms with Gasteiger partial charge in [0.2, 0.25) is 0 Å². The molecule has 4 heterocycles. The van der Waals surface area contributed by atoms with Crippen molar-refractivity contribution in [1.82, 2.24) is 9.80 Å². The molecule has 2 fully saturated rings. The molecule has 6 aromatic rings. The molecule has 1 N–H and O–H groups in total. The number of ketones is 1. The van der Waals surface area contributed by atoms with Crippen LogP contribution in [0.4, 0.5) is 11.4 Å². The lowest BCUT2D eigenvalue weighted by atomic mass is 9.98. The van der Waals surface area contributed by atoms with E-state index in [9.17, 15) is 19.5 Å². The number of carbonyl (C=O) groups is 3. The van der Waals surface area contributed by atoms with Gasteiger partial charge in [0.15, 0.2) is 5.60 Å². The van der Waals surface area contributed by atoms with Crippen molar-refractivity contribution in [3.63, 3.8) is 0 Å². The number of likely N-dealkylation sites (tertiary alicyclic amines) is 2. The van der Waals surface area contributed by atoms with Crippen LogP contribution in [-0.2, 0) is 28.0 Å². The molecule has 8 nitrogen and oxygen atoms in total. The van der Waals surface area contributed by atoms with Gasteiger partial charge in [-0.2, -0.15) is 0 Å². The van der Waals surface area contributed by atoms with Gasteiger partial charge < -0.3 is 14.9 Å². The van der Waals surface area contributed by atoms with Crippen molar-refractivity contribution in [2.24, 2.45) is 0 Å². The van der Waals surface area contributed by atoms with Gasteiger partial charge in [0.05, 0.1) is 16.9 Å². The largest absolute Gasteiger partial charge is 0.375 e. The first-order valence-electron chi connectivity index (χ1n) is 21.4. The topological polar surface area (TPSA) is 84.4 Å². The van der Waals surface area contributed by atoms with Crippen molar-refractivity contribution in [3.8, 4) is 0 Å². The average molecular weight is 781 g/mol. The van der Waals surface area contributed by atoms with E-state index in [2.05, 4.69) is 82.6 Å². The maximum atomic E-state index is 13.1. The zero-order valence-corrected chi connectivity index (χ0v) is 33.4. The molecule has 8 heteroatoms. The maximum absolute atomic E-state index is 13.1. The number of amides is 2. The van der Waals surface area contributed by atoms with E-state index in [1.54, 1.807) is 17.9 Å². The van der Waals surface area contributed by atoms with Crippen molar-refractivity contribution >= 4 is 50.5 Å². The van der Waals surface area contributed by atoms with Gasteiger partial charge in [-0.1, -0.05) is 103 Å². The van der Waals surface area contributed by atoms with E-state index in [1.807, 2.05) is 47.4 Å². The second-order valence-corrected chi connectivity index (χ2v) is 17.5. The fraction of sp³-hybridized carbons (Fsp3) is 0.314. The SMILES string of the molecule is CC1(O)C(=O)N(C2CCN(C3Cc4cccc5cccc3c45)CC2)c2ccccc21.O=C1C(=O)N(C2CCN(C3Cc4cccc5cccc3c45)CC2)c2ccccc21. The number of anilines is 2. The Bertz CT molecular complexity index is 2680. The number of Topliss-reactive ketones (excluding diaryl/α,β-unsaturated/α-hetero) is 1. The Labute approximate surface area is 344 Å². The molecule has 0 spiro atoms. The maximum Gasteiger partial charge on any atom is 0.299 e. The van der Waals surface area contributed by atoms with Crippen LogP contribution in [0.15, 0.2) is 121 Å². The van der Waals surface area contributed by atoms with Gasteiger partial charge in [-0.3, -0.25) is 24.2 Å². The first-order chi connectivity index (χ1) is 28.8. The van der Waals surface area contributed by atoms with E-state index in [0.29, 0.717) is 17.6 Å². The van der Waals surface area contributed by atoms with Gasteiger partial charge in [-0.05, 0) is 107 Å². The molecule has 0 radical (unpaired) electrons. The molecule has 4 aliphatic heterocycles. The Morgan fingerprint density at radius 1 is 0.542 bits per heavy atom. The molecular formula is C51H48N4O4. The number of hydrogen-bond acceptors (Lipinski definition) is 6. The highest BCUT2D eigenvalue weighted by Crippen LogP contribution is 2.46. The summed E-state index contributed by atoms with van der Waals surface area (Å²) < 4.78 is 0. The average Bonchev–Trinajstić information content (AvgIpc) is 3.97. The predicted octanol–water partition coefficient (Wildman–Crippen LogP) is 8.29. The molecule has 0 bridgehead atoms. The van der Waals surface area contributed by atoms with E-state index in [4.69, 9.17) is 0 Å². The lowest BCUT2D eigenvalue weighted by Gasteiger charge is -2.40. The fourth-order valence-electron chi connectivity index (χ4n) is 11.5. The molecule has 296 valence electrons. The summed E-state index contributed by atoms with van der Waals surface area (Å²) >= 11 is 0. The summed E-state index contributed by atoms with van der Waals surface area (Å²) in [7, 11) is 0. The Balaban J connectivity index is 0.000000135. The Morgan fingerprint density at radius 3 is 1.58 bits per heavy atom. The van der Waals surface area contributed by atoms with Crippen LogP contribution >= 0.6 is 0 Å². The zero-order valence-electron chi connectivity index (χ0n) is 33.4. The van der Waals surface area contributed by atoms with Crippen LogP contribution in [0.3, 0.4) is 0 Å². The second-order valence-electron chi connectivity index (χ2n) is 17.5. The number of rotatable bonds is 4. The molecule has 0 saturated carbocycles. The van der Waals surface area contributed by atoms with Gasteiger partial charge >= 0.3 is 0 Å². The summed E-state index contributed by atoms with van der Waals surface area (Å²) in [6.45, 7) is 5.45. The molecule has 12 rings (SSSR count). The molecule has 0 aromatic heterocycles. The normalized spacial score (nSPS) is 24.3. The van der Waals surface area contributed by atoms with Crippen LogP contribution in [0.2, 0.25) is 0 Å². The molecule has 2 saturated heterocycles. The summed E-state index contributed by atoms with van der Waals surface area (Å²) in [5.74, 6) is -0.899. The van der Waals surface area contributed by atoms with Crippen molar-refractivity contribution in [1.29, 1.82) is 0 Å². The van der Waals surface area contributed by atoms with E-state index in [1.165, 1.54) is 43.8 Å². The minimum absolute atomic E-state index is 0.103. The highest BCUT2D eigenvalue weighted by Gasteiger charge is 2.49. The fourth-order valence-corrected chi connectivity index (χ4v) is 11.5. The van der Waals surface area contributed by atoms with E-state index < -0.39 is 5.60 Å². The summed E-state index contributed by atoms with van der Waals surface area (Å²) in [6.07, 6.45) is 5.79. The number of aliphatic hydroxyl groups is 1.